The first-order valence-corrected chi connectivity index (χ1v) is 14.9. The number of H-pyrrole nitrogens is 1. The van der Waals surface area contributed by atoms with Crippen LogP contribution >= 0.6 is 15.9 Å². The van der Waals surface area contributed by atoms with Gasteiger partial charge in [-0.3, -0.25) is 0 Å². The normalized spacial score (nSPS) is 12.0. The molecule has 0 saturated heterocycles. The third-order valence-corrected chi connectivity index (χ3v) is 8.38. The van der Waals surface area contributed by atoms with Gasteiger partial charge in [0, 0.05) is 44.7 Å². The number of para-hydroxylation sites is 1. The van der Waals surface area contributed by atoms with Gasteiger partial charge in [0.2, 0.25) is 0 Å². The first-order valence-electron chi connectivity index (χ1n) is 14.1. The van der Waals surface area contributed by atoms with E-state index < -0.39 is 0 Å². The van der Waals surface area contributed by atoms with E-state index in [1.807, 2.05) is 0 Å². The van der Waals surface area contributed by atoms with Crippen LogP contribution in [-0.4, -0.2) is 12.0 Å². The molecule has 0 unspecified atom stereocenters. The van der Waals surface area contributed by atoms with Crippen molar-refractivity contribution in [1.82, 2.24) is 4.98 Å². The van der Waals surface area contributed by atoms with Gasteiger partial charge in [-0.25, -0.2) is 0 Å². The Morgan fingerprint density at radius 2 is 1.49 bits per heavy atom. The Morgan fingerprint density at radius 1 is 0.780 bits per heavy atom. The van der Waals surface area contributed by atoms with Crippen LogP contribution in [-0.2, 0) is 6.42 Å². The summed E-state index contributed by atoms with van der Waals surface area (Å²) in [7, 11) is 2.16. The Bertz CT molecular complexity index is 1860. The van der Waals surface area contributed by atoms with Crippen LogP contribution in [0.1, 0.15) is 24.5 Å². The second-order valence-electron chi connectivity index (χ2n) is 10.3. The summed E-state index contributed by atoms with van der Waals surface area (Å²) in [6, 6.07) is 41.1. The molecule has 1 aromatic heterocycles. The van der Waals surface area contributed by atoms with Gasteiger partial charge in [-0.15, -0.1) is 0 Å². The van der Waals surface area contributed by atoms with Crippen molar-refractivity contribution >= 4 is 54.7 Å². The highest BCUT2D eigenvalue weighted by molar-refractivity contribution is 9.10. The van der Waals surface area contributed by atoms with Gasteiger partial charge in [-0.05, 0) is 90.1 Å². The topological polar surface area (TPSA) is 19.0 Å². The molecule has 6 rings (SSSR count). The van der Waals surface area contributed by atoms with Crippen molar-refractivity contribution in [2.45, 2.75) is 19.8 Å². The Kier molecular flexibility index (Phi) is 7.89. The molecule has 0 saturated carbocycles. The smallest absolute Gasteiger partial charge is 0.0476 e. The minimum Gasteiger partial charge on any atom is -0.354 e. The summed E-state index contributed by atoms with van der Waals surface area (Å²) in [6.07, 6.45) is 8.57. The van der Waals surface area contributed by atoms with Crippen LogP contribution in [0, 0.1) is 0 Å². The minimum atomic E-state index is 0.932. The van der Waals surface area contributed by atoms with Crippen molar-refractivity contribution in [3.63, 3.8) is 0 Å². The van der Waals surface area contributed by atoms with Gasteiger partial charge in [0.05, 0.1) is 0 Å². The highest BCUT2D eigenvalue weighted by Crippen LogP contribution is 2.40. The van der Waals surface area contributed by atoms with E-state index in [-0.39, 0.29) is 0 Å². The average molecular weight is 598 g/mol. The maximum atomic E-state index is 3.82. The lowest BCUT2D eigenvalue weighted by atomic mass is 9.95. The second kappa shape index (κ2) is 12.0. The van der Waals surface area contributed by atoms with Crippen LogP contribution < -0.4 is 4.90 Å². The van der Waals surface area contributed by atoms with E-state index >= 15 is 0 Å². The van der Waals surface area contributed by atoms with Crippen LogP contribution in [0.25, 0.3) is 38.5 Å². The molecule has 0 aliphatic heterocycles. The Morgan fingerprint density at radius 3 is 2.24 bits per heavy atom. The molecule has 0 aliphatic carbocycles. The number of aryl methyl sites for hydroxylation is 1. The lowest BCUT2D eigenvalue weighted by Gasteiger charge is -2.23. The number of allylic oxidation sites excluding steroid dienone is 4. The zero-order valence-corrected chi connectivity index (χ0v) is 25.0. The van der Waals surface area contributed by atoms with Crippen molar-refractivity contribution in [3.8, 4) is 11.1 Å². The van der Waals surface area contributed by atoms with Crippen molar-refractivity contribution in [1.29, 1.82) is 0 Å². The molecule has 6 aromatic rings. The molecule has 0 aliphatic rings. The first kappa shape index (κ1) is 26.9. The third-order valence-electron chi connectivity index (χ3n) is 7.72. The van der Waals surface area contributed by atoms with Crippen molar-refractivity contribution in [3.05, 3.63) is 149 Å². The number of anilines is 2. The van der Waals surface area contributed by atoms with Crippen molar-refractivity contribution in [2.24, 2.45) is 0 Å². The number of benzene rings is 5. The quantitative estimate of drug-likeness (QED) is 0.173. The molecule has 0 radical (unpaired) electrons. The number of halogens is 1. The lowest BCUT2D eigenvalue weighted by Crippen LogP contribution is -2.11. The molecule has 5 aromatic carbocycles. The summed E-state index contributed by atoms with van der Waals surface area (Å²) in [6.45, 7) is 2.08. The van der Waals surface area contributed by atoms with Crippen LogP contribution in [0.15, 0.2) is 138 Å². The monoisotopic (exact) mass is 596 g/mol. The van der Waals surface area contributed by atoms with E-state index in [4.69, 9.17) is 0 Å². The molecule has 0 bridgehead atoms. The number of hydrogen-bond acceptors (Lipinski definition) is 1. The summed E-state index contributed by atoms with van der Waals surface area (Å²) < 4.78 is 1.11. The number of nitrogens with one attached hydrogen (secondary N) is 1. The standard InChI is InChI=1S/C38H33BrN2/c1-3-13-27(28-14-6-4-7-15-28)16-10-17-30-26-29(24-25-36(30)41(2)31-18-8-5-9-19-31)32-20-11-22-34-37(32)38-33(39)21-12-23-35(38)40-34/h3-9,11-16,18-26,40H,10,17H2,1-2H3/b13-3-,27-16+. The fourth-order valence-corrected chi connectivity index (χ4v) is 6.30. The van der Waals surface area contributed by atoms with E-state index in [0.717, 1.165) is 28.3 Å². The molecular weight excluding hydrogens is 564 g/mol. The molecule has 2 nitrogen and oxygen atoms in total. The summed E-state index contributed by atoms with van der Waals surface area (Å²) in [5.74, 6) is 0. The van der Waals surface area contributed by atoms with Gasteiger partial charge in [-0.2, -0.15) is 0 Å². The number of aromatic nitrogens is 1. The van der Waals surface area contributed by atoms with Crippen LogP contribution in [0.4, 0.5) is 11.4 Å². The Hall–Kier alpha value is -4.34. The van der Waals surface area contributed by atoms with Crippen molar-refractivity contribution < 1.29 is 0 Å². The maximum absolute atomic E-state index is 3.82. The van der Waals surface area contributed by atoms with Crippen LogP contribution in [0.3, 0.4) is 0 Å². The Balaban J connectivity index is 1.44. The molecule has 41 heavy (non-hydrogen) atoms. The van der Waals surface area contributed by atoms with Crippen LogP contribution in [0.2, 0.25) is 0 Å². The molecule has 202 valence electrons. The second-order valence-corrected chi connectivity index (χ2v) is 11.2. The molecule has 0 spiro atoms. The highest BCUT2D eigenvalue weighted by atomic mass is 79.9. The number of rotatable bonds is 8. The number of hydrogen-bond donors (Lipinski definition) is 1. The summed E-state index contributed by atoms with van der Waals surface area (Å²) in [5.41, 5.74) is 11.0. The molecule has 0 amide bonds. The van der Waals surface area contributed by atoms with E-state index in [1.165, 1.54) is 50.0 Å². The van der Waals surface area contributed by atoms with Gasteiger partial charge in [0.1, 0.15) is 0 Å². The third kappa shape index (κ3) is 5.51. The van der Waals surface area contributed by atoms with E-state index in [0.29, 0.717) is 0 Å². The van der Waals surface area contributed by atoms with E-state index in [2.05, 4.69) is 173 Å². The first-order chi connectivity index (χ1) is 20.1. The van der Waals surface area contributed by atoms with Crippen LogP contribution in [0.5, 0.6) is 0 Å². The van der Waals surface area contributed by atoms with Gasteiger partial charge in [0.15, 0.2) is 0 Å². The molecule has 0 fully saturated rings. The average Bonchev–Trinajstić information content (AvgIpc) is 3.41. The van der Waals surface area contributed by atoms with Gasteiger partial charge >= 0.3 is 0 Å². The van der Waals surface area contributed by atoms with E-state index in [1.54, 1.807) is 0 Å². The van der Waals surface area contributed by atoms with Gasteiger partial charge < -0.3 is 9.88 Å². The summed E-state index contributed by atoms with van der Waals surface area (Å²) in [4.78, 5) is 5.92. The zero-order valence-electron chi connectivity index (χ0n) is 23.4. The van der Waals surface area contributed by atoms with Gasteiger partial charge in [-0.1, -0.05) is 107 Å². The number of nitrogens with zero attached hydrogens (tertiary/aromatic N) is 1. The molecule has 3 heteroatoms. The van der Waals surface area contributed by atoms with Gasteiger partial charge in [0.25, 0.3) is 0 Å². The summed E-state index contributed by atoms with van der Waals surface area (Å²) >= 11 is 3.82. The predicted octanol–water partition coefficient (Wildman–Crippen LogP) is 11.1. The van der Waals surface area contributed by atoms with Crippen molar-refractivity contribution in [2.75, 3.05) is 11.9 Å². The predicted molar refractivity (Wildman–Crippen MR) is 181 cm³/mol. The molecule has 1 heterocycles. The number of fused-ring (bicyclic) bond motifs is 3. The molecular formula is C38H33BrN2. The minimum absolute atomic E-state index is 0.932. The molecule has 0 atom stereocenters. The molecule has 1 N–H and O–H groups in total. The lowest BCUT2D eigenvalue weighted by molar-refractivity contribution is 0.991. The fraction of sp³-hybridized carbons (Fsp3) is 0.105. The summed E-state index contributed by atoms with van der Waals surface area (Å²) in [5, 5.41) is 2.48. The zero-order chi connectivity index (χ0) is 28.2. The number of aromatic amines is 1. The SMILES string of the molecule is C/C=C\C(=C/CCc1cc(-c2cccc3[nH]c4cccc(Br)c4c23)ccc1N(C)c1ccccc1)c1ccccc1. The van der Waals surface area contributed by atoms with E-state index in [9.17, 15) is 0 Å². The largest absolute Gasteiger partial charge is 0.354 e. The highest BCUT2D eigenvalue weighted by Gasteiger charge is 2.15. The maximum Gasteiger partial charge on any atom is 0.0476 e. The fourth-order valence-electron chi connectivity index (χ4n) is 5.74. The Labute approximate surface area is 250 Å².